The summed E-state index contributed by atoms with van der Waals surface area (Å²) < 4.78 is 29.4. The van der Waals surface area contributed by atoms with Gasteiger partial charge in [-0.3, -0.25) is 59.2 Å². The van der Waals surface area contributed by atoms with Gasteiger partial charge in [0.1, 0.15) is 48.6 Å². The Labute approximate surface area is 763 Å². The SMILES string of the molecule is CCC(=O)c1cnc(NC(=O)NC(C)(C)C)cc1Nc1cccc(-c2ncn(CC)n2)c1OC.CCC(=O)c1cnc(NC(=O)NC(C)C)cc1Nc1cccc(-c2ncn(C)n2)c1OC.CCC(=O)c1cnc(NC(=O)NC2CC2)cc1Nc1cccc(-c2ncn(CC)n2)c1OC.CCC(=O)c1cnc(NC(=O)NC2CCC2)cc1Nc1cccc(-c2ncn(C)n2)c1OC. The maximum absolute atomic E-state index is 12.6. The number of nitrogens with one attached hydrogen (secondary N) is 12. The summed E-state index contributed by atoms with van der Waals surface area (Å²) in [6.45, 7) is 21.9. The first-order valence-electron chi connectivity index (χ1n) is 43.2. The van der Waals surface area contributed by atoms with Gasteiger partial charge in [0.2, 0.25) is 0 Å². The number of anilines is 12. The first kappa shape index (κ1) is 96.8. The first-order chi connectivity index (χ1) is 63.5. The molecule has 0 aliphatic heterocycles. The largest absolute Gasteiger partial charge is 0.494 e. The van der Waals surface area contributed by atoms with Crippen LogP contribution >= 0.6 is 0 Å². The van der Waals surface area contributed by atoms with E-state index in [0.29, 0.717) is 198 Å². The third-order valence-electron chi connectivity index (χ3n) is 20.2. The Bertz CT molecular complexity index is 6110. The third-order valence-corrected chi connectivity index (χ3v) is 20.2. The lowest BCUT2D eigenvalue weighted by molar-refractivity contribution is 0.0980. The Morgan fingerprint density at radius 3 is 0.909 bits per heavy atom. The highest BCUT2D eigenvalue weighted by Gasteiger charge is 2.28. The number of para-hydroxylation sites is 4. The quantitative estimate of drug-likeness (QED) is 0.0170. The van der Waals surface area contributed by atoms with E-state index in [0.717, 1.165) is 32.1 Å². The van der Waals surface area contributed by atoms with Gasteiger partial charge in [-0.1, -0.05) is 52.0 Å². The van der Waals surface area contributed by atoms with Gasteiger partial charge >= 0.3 is 24.1 Å². The van der Waals surface area contributed by atoms with Crippen molar-refractivity contribution in [3.63, 3.8) is 0 Å². The zero-order valence-corrected chi connectivity index (χ0v) is 76.9. The number of benzene rings is 4. The van der Waals surface area contributed by atoms with Crippen molar-refractivity contribution in [3.05, 3.63) is 169 Å². The van der Waals surface area contributed by atoms with Gasteiger partial charge in [0, 0.05) is 126 Å². The van der Waals surface area contributed by atoms with Gasteiger partial charge in [0.05, 0.1) is 118 Å². The second-order valence-corrected chi connectivity index (χ2v) is 31.6. The van der Waals surface area contributed by atoms with Crippen LogP contribution in [0.25, 0.3) is 45.6 Å². The van der Waals surface area contributed by atoms with Crippen LogP contribution in [0.1, 0.15) is 175 Å². The topological polar surface area (TPSA) is 492 Å². The number of amides is 8. The van der Waals surface area contributed by atoms with E-state index in [-0.39, 0.29) is 59.4 Å². The highest BCUT2D eigenvalue weighted by molar-refractivity contribution is 6.06. The molecule has 2 aliphatic rings. The fourth-order valence-electron chi connectivity index (χ4n) is 13.3. The lowest BCUT2D eigenvalue weighted by Crippen LogP contribution is -2.43. The van der Waals surface area contributed by atoms with E-state index < -0.39 is 11.6 Å². The molecular weight excluding hydrogens is 1690 g/mol. The Morgan fingerprint density at radius 1 is 0.379 bits per heavy atom. The van der Waals surface area contributed by atoms with Crippen molar-refractivity contribution in [2.45, 2.75) is 171 Å². The van der Waals surface area contributed by atoms with Crippen LogP contribution in [0.4, 0.5) is 87.9 Å². The van der Waals surface area contributed by atoms with E-state index in [4.69, 9.17) is 18.9 Å². The van der Waals surface area contributed by atoms with Crippen LogP contribution in [0.5, 0.6) is 23.0 Å². The van der Waals surface area contributed by atoms with E-state index in [1.165, 1.54) is 24.8 Å². The Kier molecular flexibility index (Phi) is 33.2. The Morgan fingerprint density at radius 2 is 0.667 bits per heavy atom. The molecule has 0 bridgehead atoms. The molecule has 14 rings (SSSR count). The number of urea groups is 4. The van der Waals surface area contributed by atoms with Crippen molar-refractivity contribution >= 4 is 116 Å². The van der Waals surface area contributed by atoms with Crippen molar-refractivity contribution in [1.82, 2.24) is 100 Å². The maximum Gasteiger partial charge on any atom is 0.320 e. The zero-order valence-electron chi connectivity index (χ0n) is 76.9. The minimum Gasteiger partial charge on any atom is -0.494 e. The van der Waals surface area contributed by atoms with Gasteiger partial charge < -0.3 is 61.5 Å². The molecule has 8 aromatic heterocycles. The van der Waals surface area contributed by atoms with Crippen LogP contribution in [0.2, 0.25) is 0 Å². The second-order valence-electron chi connectivity index (χ2n) is 31.6. The van der Waals surface area contributed by atoms with Crippen LogP contribution in [0.15, 0.2) is 147 Å². The van der Waals surface area contributed by atoms with Crippen LogP contribution in [-0.2, 0) is 27.2 Å². The molecular formula is C92H112N28O12. The van der Waals surface area contributed by atoms with E-state index in [2.05, 4.69) is 124 Å². The predicted molar refractivity (Wildman–Crippen MR) is 504 cm³/mol. The molecule has 12 aromatic rings. The number of aromatic nitrogens is 16. The van der Waals surface area contributed by atoms with Crippen molar-refractivity contribution in [1.29, 1.82) is 0 Å². The molecule has 12 N–H and O–H groups in total. The number of carbonyl (C=O) groups excluding carboxylic acids is 8. The van der Waals surface area contributed by atoms with Crippen molar-refractivity contribution < 1.29 is 57.3 Å². The third kappa shape index (κ3) is 25.8. The summed E-state index contributed by atoms with van der Waals surface area (Å²) in [6.07, 6.45) is 18.7. The minimum atomic E-state index is -0.407. The normalized spacial score (nSPS) is 12.0. The van der Waals surface area contributed by atoms with Crippen LogP contribution in [0.3, 0.4) is 0 Å². The fourth-order valence-corrected chi connectivity index (χ4v) is 13.3. The number of nitrogens with zero attached hydrogens (tertiary/aromatic N) is 16. The molecule has 0 radical (unpaired) electrons. The molecule has 8 amide bonds. The number of ketones is 4. The molecule has 40 nitrogen and oxygen atoms in total. The number of pyridine rings is 4. The molecule has 0 atom stereocenters. The molecule has 8 heterocycles. The molecule has 692 valence electrons. The number of rotatable bonds is 33. The van der Waals surface area contributed by atoms with E-state index in [1.807, 2.05) is 121 Å². The Hall–Kier alpha value is -15.8. The van der Waals surface area contributed by atoms with Gasteiger partial charge in [-0.05, 0) is 129 Å². The first-order valence-corrected chi connectivity index (χ1v) is 43.2. The Balaban J connectivity index is 0.000000170. The molecule has 0 saturated heterocycles. The molecule has 40 heteroatoms. The predicted octanol–water partition coefficient (Wildman–Crippen LogP) is 16.3. The molecule has 4 aromatic carbocycles. The average molecular weight is 1800 g/mol. The van der Waals surface area contributed by atoms with E-state index in [9.17, 15) is 38.4 Å². The molecule has 2 aliphatic carbocycles. The molecule has 0 unspecified atom stereocenters. The summed E-state index contributed by atoms with van der Waals surface area (Å²) in [4.78, 5) is 133. The molecule has 132 heavy (non-hydrogen) atoms. The van der Waals surface area contributed by atoms with E-state index >= 15 is 0 Å². The lowest BCUT2D eigenvalue weighted by Gasteiger charge is -2.26. The van der Waals surface area contributed by atoms with Gasteiger partial charge in [-0.2, -0.15) is 20.4 Å². The number of ether oxygens (including phenoxy) is 4. The summed E-state index contributed by atoms with van der Waals surface area (Å²) in [7, 11) is 9.83. The number of hydrogen-bond acceptors (Lipinski definition) is 28. The van der Waals surface area contributed by atoms with Crippen LogP contribution < -0.4 is 82.7 Å². The summed E-state index contributed by atoms with van der Waals surface area (Å²) in [5, 5.41) is 53.0. The highest BCUT2D eigenvalue weighted by atomic mass is 16.5. The van der Waals surface area contributed by atoms with Gasteiger partial charge in [0.15, 0.2) is 69.4 Å². The number of aryl methyl sites for hydroxylation is 4. The molecule has 0 spiro atoms. The smallest absolute Gasteiger partial charge is 0.320 e. The molecule has 2 fully saturated rings. The monoisotopic (exact) mass is 1800 g/mol. The van der Waals surface area contributed by atoms with Crippen molar-refractivity contribution in [3.8, 4) is 68.5 Å². The van der Waals surface area contributed by atoms with Crippen LogP contribution in [-0.4, -0.2) is 178 Å². The van der Waals surface area contributed by atoms with Crippen molar-refractivity contribution in [2.24, 2.45) is 14.1 Å². The summed E-state index contributed by atoms with van der Waals surface area (Å²) in [6, 6.07) is 27.7. The highest BCUT2D eigenvalue weighted by Crippen LogP contribution is 2.43. The second kappa shape index (κ2) is 45.3. The number of Topliss-reactive ketones (excluding diaryl/α,β-unsaturated/α-hetero) is 4. The van der Waals surface area contributed by atoms with Gasteiger partial charge in [-0.15, -0.1) is 0 Å². The van der Waals surface area contributed by atoms with Gasteiger partial charge in [-0.25, -0.2) is 59.0 Å². The standard InChI is InChI=1S/C24H31N7O3.2C23H27N7O3.C22H27N7O3/c1-7-19(32)16-13-25-20(28-23(33)29-24(3,4)5)12-18(16)27-17-11-9-10-15(21(17)34-6)22-26-14-31(8-2)30-22;1-4-19(31)16-12-24-20(28-23(32)26-14-7-5-8-14)11-18(16)27-17-10-6-9-15(21(17)33-3)22-25-13-30(2)29-22;1-4-19(31)16-12-24-20(28-23(32)26-14-9-10-14)11-18(16)27-17-8-6-7-15(21(17)33-3)22-25-13-30(5-2)29-22;1-6-18(30)15-11-23-19(27-22(31)25-13(2)3)10-17(15)26-16-9-7-8-14(20(16)32-5)21-24-12-29(4)28-21/h9-14H,7-8H2,1-6H3,(H3,25,27,28,29,33);6,9-14H,4-5,7-8H2,1-3H3,(H3,24,26,27,28,32);6-8,11-14H,4-5,9-10H2,1-3H3,(H3,24,26,27,28,32);7-13H,6H2,1-5H3,(H3,23,25,26,27,31). The maximum atomic E-state index is 12.6. The average Bonchev–Trinajstić information content (AvgIpc) is 1.46. The van der Waals surface area contributed by atoms with E-state index in [1.54, 1.807) is 139 Å². The number of hydrogen-bond donors (Lipinski definition) is 12. The minimum absolute atomic E-state index is 0.0271. The lowest BCUT2D eigenvalue weighted by atomic mass is 9.93. The summed E-state index contributed by atoms with van der Waals surface area (Å²) >= 11 is 0. The number of methoxy groups -OCH3 is 4. The van der Waals surface area contributed by atoms with Gasteiger partial charge in [0.25, 0.3) is 0 Å². The van der Waals surface area contributed by atoms with Crippen LogP contribution in [0, 0.1) is 0 Å². The number of carbonyl (C=O) groups is 8. The zero-order chi connectivity index (χ0) is 94.9. The summed E-state index contributed by atoms with van der Waals surface area (Å²) in [5.41, 5.74) is 8.60. The summed E-state index contributed by atoms with van der Waals surface area (Å²) in [5.74, 6) is 5.20. The fraction of sp³-hybridized carbons (Fsp3) is 0.348. The van der Waals surface area contributed by atoms with Crippen molar-refractivity contribution in [2.75, 3.05) is 71.0 Å². The molecule has 2 saturated carbocycles.